The fourth-order valence-electron chi connectivity index (χ4n) is 5.17. The van der Waals surface area contributed by atoms with Gasteiger partial charge in [-0.15, -0.1) is 0 Å². The maximum atomic E-state index is 13.7. The number of hydrogen-bond donors (Lipinski definition) is 3. The standard InChI is InChI=1S/C32H42N4O6/c1-21(33-30(39)24-16-17-36(3)19-24)29(38)35-27(18-23-10-13-25(41-4)14-11-23)31(40)34-26(28(37)32(2)20-42-32)15-12-22-8-6-5-7-9-22/h5-11,13-14,21,24,26-27H,12,15-20H2,1-4H3,(H,33,39)(H,34,40)(H,35,38)/t21-,24-,26-,27-,32+/m0/s1. The normalized spacial score (nSPS) is 22.0. The lowest BCUT2D eigenvalue weighted by Crippen LogP contribution is -2.57. The number of Topliss-reactive ketones (excluding diaryl/α,β-unsaturated/α-hetero) is 1. The second-order valence-electron chi connectivity index (χ2n) is 11.6. The Balaban J connectivity index is 1.47. The van der Waals surface area contributed by atoms with Gasteiger partial charge in [0.05, 0.1) is 25.7 Å². The van der Waals surface area contributed by atoms with Gasteiger partial charge in [-0.05, 0) is 70.0 Å². The molecule has 0 radical (unpaired) electrons. The lowest BCUT2D eigenvalue weighted by molar-refractivity contribution is -0.134. The average molecular weight is 579 g/mol. The van der Waals surface area contributed by atoms with Gasteiger partial charge in [0.1, 0.15) is 23.4 Å². The number of methoxy groups -OCH3 is 1. The number of epoxide rings is 1. The van der Waals surface area contributed by atoms with Crippen LogP contribution < -0.4 is 20.7 Å². The predicted octanol–water partition coefficient (Wildman–Crippen LogP) is 1.65. The molecular formula is C32H42N4O6. The predicted molar refractivity (Wildman–Crippen MR) is 158 cm³/mol. The molecular weight excluding hydrogens is 536 g/mol. The zero-order chi connectivity index (χ0) is 30.3. The summed E-state index contributed by atoms with van der Waals surface area (Å²) in [7, 11) is 3.53. The maximum Gasteiger partial charge on any atom is 0.243 e. The lowest BCUT2D eigenvalue weighted by atomic mass is 9.94. The summed E-state index contributed by atoms with van der Waals surface area (Å²) in [5.74, 6) is -0.836. The Morgan fingerprint density at radius 1 is 0.976 bits per heavy atom. The molecule has 0 spiro atoms. The largest absolute Gasteiger partial charge is 0.497 e. The summed E-state index contributed by atoms with van der Waals surface area (Å²) >= 11 is 0. The van der Waals surface area contributed by atoms with Crippen molar-refractivity contribution < 1.29 is 28.7 Å². The number of carbonyl (C=O) groups is 4. The first-order valence-corrected chi connectivity index (χ1v) is 14.5. The topological polar surface area (TPSA) is 129 Å². The van der Waals surface area contributed by atoms with Crippen LogP contribution in [0, 0.1) is 5.92 Å². The molecule has 0 unspecified atom stereocenters. The zero-order valence-electron chi connectivity index (χ0n) is 24.9. The van der Waals surface area contributed by atoms with Gasteiger partial charge >= 0.3 is 0 Å². The van der Waals surface area contributed by atoms with E-state index in [2.05, 4.69) is 20.9 Å². The number of benzene rings is 2. The van der Waals surface area contributed by atoms with Gasteiger partial charge in [0.25, 0.3) is 0 Å². The summed E-state index contributed by atoms with van der Waals surface area (Å²) in [5, 5.41) is 8.53. The number of nitrogens with zero attached hydrogens (tertiary/aromatic N) is 1. The van der Waals surface area contributed by atoms with Crippen LogP contribution in [-0.4, -0.2) is 86.0 Å². The van der Waals surface area contributed by atoms with Gasteiger partial charge in [-0.3, -0.25) is 19.2 Å². The van der Waals surface area contributed by atoms with E-state index < -0.39 is 35.5 Å². The quantitative estimate of drug-likeness (QED) is 0.291. The third-order valence-corrected chi connectivity index (χ3v) is 8.04. The Morgan fingerprint density at radius 2 is 1.64 bits per heavy atom. The van der Waals surface area contributed by atoms with E-state index in [4.69, 9.17) is 9.47 Å². The van der Waals surface area contributed by atoms with Crippen molar-refractivity contribution in [3.05, 3.63) is 65.7 Å². The maximum absolute atomic E-state index is 13.7. The van der Waals surface area contributed by atoms with E-state index in [1.807, 2.05) is 49.5 Å². The average Bonchev–Trinajstić information content (AvgIpc) is 3.60. The van der Waals surface area contributed by atoms with Crippen molar-refractivity contribution in [2.24, 2.45) is 5.92 Å². The van der Waals surface area contributed by atoms with Crippen LogP contribution in [0.1, 0.15) is 37.8 Å². The van der Waals surface area contributed by atoms with Crippen molar-refractivity contribution >= 4 is 23.5 Å². The highest BCUT2D eigenvalue weighted by Crippen LogP contribution is 2.29. The fraction of sp³-hybridized carbons (Fsp3) is 0.500. The highest BCUT2D eigenvalue weighted by molar-refractivity contribution is 5.98. The summed E-state index contributed by atoms with van der Waals surface area (Å²) in [6, 6.07) is 14.3. The van der Waals surface area contributed by atoms with Crippen LogP contribution in [0.15, 0.2) is 54.6 Å². The SMILES string of the molecule is COc1ccc(C[C@H](NC(=O)[C@H](C)NC(=O)[C@H]2CCN(C)C2)C(=O)N[C@@H](CCc2ccccc2)C(=O)[C@@]2(C)CO2)cc1. The number of nitrogens with one attached hydrogen (secondary N) is 3. The van der Waals surface area contributed by atoms with E-state index in [0.29, 0.717) is 31.7 Å². The van der Waals surface area contributed by atoms with Gasteiger partial charge in [-0.2, -0.15) is 0 Å². The first-order chi connectivity index (χ1) is 20.1. The number of likely N-dealkylation sites (tertiary alicyclic amines) is 1. The van der Waals surface area contributed by atoms with Crippen LogP contribution in [0.25, 0.3) is 0 Å². The Morgan fingerprint density at radius 3 is 2.24 bits per heavy atom. The van der Waals surface area contributed by atoms with Gasteiger partial charge < -0.3 is 30.3 Å². The van der Waals surface area contributed by atoms with Gasteiger partial charge in [0, 0.05) is 13.0 Å². The van der Waals surface area contributed by atoms with Crippen LogP contribution in [0.2, 0.25) is 0 Å². The fourth-order valence-corrected chi connectivity index (χ4v) is 5.17. The van der Waals surface area contributed by atoms with E-state index >= 15 is 0 Å². The minimum Gasteiger partial charge on any atom is -0.497 e. The Labute approximate surface area is 247 Å². The first-order valence-electron chi connectivity index (χ1n) is 14.5. The summed E-state index contributed by atoms with van der Waals surface area (Å²) in [4.78, 5) is 55.1. The molecule has 2 aromatic rings. The van der Waals surface area contributed by atoms with Crippen molar-refractivity contribution in [3.8, 4) is 5.75 Å². The Kier molecular flexibility index (Phi) is 10.3. The molecule has 2 fully saturated rings. The third-order valence-electron chi connectivity index (χ3n) is 8.04. The second kappa shape index (κ2) is 13.9. The van der Waals surface area contributed by atoms with Gasteiger partial charge in [0.15, 0.2) is 5.78 Å². The van der Waals surface area contributed by atoms with E-state index in [9.17, 15) is 19.2 Å². The van der Waals surface area contributed by atoms with Crippen molar-refractivity contribution in [1.29, 1.82) is 0 Å². The van der Waals surface area contributed by atoms with Gasteiger partial charge in [0.2, 0.25) is 17.7 Å². The first kappa shape index (κ1) is 31.2. The smallest absolute Gasteiger partial charge is 0.243 e. The molecule has 2 aliphatic rings. The van der Waals surface area contributed by atoms with Gasteiger partial charge in [-0.1, -0.05) is 42.5 Å². The molecule has 2 aromatic carbocycles. The summed E-state index contributed by atoms with van der Waals surface area (Å²) in [6.45, 7) is 5.11. The van der Waals surface area contributed by atoms with E-state index in [1.54, 1.807) is 33.1 Å². The molecule has 5 atom stereocenters. The number of aryl methyl sites for hydroxylation is 1. The lowest BCUT2D eigenvalue weighted by Gasteiger charge is -2.25. The molecule has 3 N–H and O–H groups in total. The van der Waals surface area contributed by atoms with Crippen LogP contribution in [0.3, 0.4) is 0 Å². The van der Waals surface area contributed by atoms with E-state index in [1.165, 1.54) is 0 Å². The molecule has 10 heteroatoms. The van der Waals surface area contributed by atoms with Gasteiger partial charge in [-0.25, -0.2) is 0 Å². The van der Waals surface area contributed by atoms with Crippen molar-refractivity contribution in [1.82, 2.24) is 20.9 Å². The summed E-state index contributed by atoms with van der Waals surface area (Å²) < 4.78 is 10.6. The zero-order valence-corrected chi connectivity index (χ0v) is 24.9. The number of ketones is 1. The van der Waals surface area contributed by atoms with Crippen LogP contribution in [-0.2, 0) is 36.8 Å². The molecule has 2 saturated heterocycles. The third kappa shape index (κ3) is 8.39. The summed E-state index contributed by atoms with van der Waals surface area (Å²) in [6.07, 6.45) is 1.89. The highest BCUT2D eigenvalue weighted by atomic mass is 16.6. The van der Waals surface area contributed by atoms with Crippen LogP contribution in [0.4, 0.5) is 0 Å². The molecule has 2 aliphatic heterocycles. The molecule has 226 valence electrons. The number of rotatable bonds is 14. The Hall–Kier alpha value is -3.76. The molecule has 0 saturated carbocycles. The molecule has 4 rings (SSSR count). The molecule has 0 bridgehead atoms. The number of amides is 3. The summed E-state index contributed by atoms with van der Waals surface area (Å²) in [5.41, 5.74) is 0.926. The molecule has 3 amide bonds. The number of hydrogen-bond acceptors (Lipinski definition) is 7. The monoisotopic (exact) mass is 578 g/mol. The molecule has 10 nitrogen and oxygen atoms in total. The number of carbonyl (C=O) groups excluding carboxylic acids is 4. The van der Waals surface area contributed by atoms with E-state index in [-0.39, 0.29) is 24.0 Å². The molecule has 0 aromatic heterocycles. The molecule has 2 heterocycles. The van der Waals surface area contributed by atoms with E-state index in [0.717, 1.165) is 24.1 Å². The minimum atomic E-state index is -0.984. The molecule has 0 aliphatic carbocycles. The van der Waals surface area contributed by atoms with Crippen molar-refractivity contribution in [3.63, 3.8) is 0 Å². The Bertz CT molecular complexity index is 1250. The second-order valence-corrected chi connectivity index (χ2v) is 11.6. The number of ether oxygens (including phenoxy) is 2. The minimum absolute atomic E-state index is 0.175. The highest BCUT2D eigenvalue weighted by Gasteiger charge is 2.50. The van der Waals surface area contributed by atoms with Crippen molar-refractivity contribution in [2.45, 2.75) is 63.3 Å². The van der Waals surface area contributed by atoms with Crippen LogP contribution >= 0.6 is 0 Å². The van der Waals surface area contributed by atoms with Crippen molar-refractivity contribution in [2.75, 3.05) is 33.9 Å². The van der Waals surface area contributed by atoms with Crippen LogP contribution in [0.5, 0.6) is 5.75 Å². The molecule has 42 heavy (non-hydrogen) atoms.